The predicted molar refractivity (Wildman–Crippen MR) is 113 cm³/mol. The third-order valence-corrected chi connectivity index (χ3v) is 5.75. The van der Waals surface area contributed by atoms with Crippen molar-refractivity contribution in [3.8, 4) is 11.4 Å². The quantitative estimate of drug-likeness (QED) is 0.619. The van der Waals surface area contributed by atoms with Gasteiger partial charge in [0.2, 0.25) is 11.8 Å². The van der Waals surface area contributed by atoms with Crippen LogP contribution in [0.3, 0.4) is 0 Å². The van der Waals surface area contributed by atoms with E-state index in [4.69, 9.17) is 4.74 Å². The molecule has 0 spiro atoms. The predicted octanol–water partition coefficient (Wildman–Crippen LogP) is 1.92. The van der Waals surface area contributed by atoms with E-state index in [0.717, 1.165) is 22.6 Å². The van der Waals surface area contributed by atoms with Crippen LogP contribution in [0.1, 0.15) is 40.0 Å². The fraction of sp³-hybridized carbons (Fsp3) is 0.261. The van der Waals surface area contributed by atoms with Crippen molar-refractivity contribution in [2.45, 2.75) is 39.0 Å². The molecule has 1 saturated heterocycles. The summed E-state index contributed by atoms with van der Waals surface area (Å²) in [7, 11) is 0. The molecule has 3 aromatic rings. The van der Waals surface area contributed by atoms with Gasteiger partial charge in [-0.1, -0.05) is 29.0 Å². The minimum absolute atomic E-state index is 0.219. The van der Waals surface area contributed by atoms with E-state index in [1.165, 1.54) is 4.90 Å². The van der Waals surface area contributed by atoms with Gasteiger partial charge in [0.05, 0.1) is 11.9 Å². The highest BCUT2D eigenvalue weighted by Crippen LogP contribution is 2.31. The highest BCUT2D eigenvalue weighted by molar-refractivity contribution is 6.05. The van der Waals surface area contributed by atoms with Gasteiger partial charge in [0, 0.05) is 24.1 Å². The first-order valence-electron chi connectivity index (χ1n) is 10.4. The summed E-state index contributed by atoms with van der Waals surface area (Å²) in [5.41, 5.74) is 3.83. The number of benzene rings is 2. The Morgan fingerprint density at radius 3 is 2.72 bits per heavy atom. The monoisotopic (exact) mass is 431 g/mol. The highest BCUT2D eigenvalue weighted by Gasteiger charge is 2.40. The number of carbonyl (C=O) groups excluding carboxylic acids is 3. The van der Waals surface area contributed by atoms with Gasteiger partial charge in [0.15, 0.2) is 0 Å². The number of aryl methyl sites for hydroxylation is 1. The highest BCUT2D eigenvalue weighted by atomic mass is 16.5. The molecule has 5 rings (SSSR count). The van der Waals surface area contributed by atoms with E-state index < -0.39 is 11.9 Å². The molecule has 2 aliphatic rings. The zero-order valence-corrected chi connectivity index (χ0v) is 17.4. The molecule has 32 heavy (non-hydrogen) atoms. The SMILES string of the molecule is Cc1ccc(OCc2cn(-c3cccc4c3CN(C3CCC(=O)NC3=O)C4=O)nn2)cc1. The summed E-state index contributed by atoms with van der Waals surface area (Å²) < 4.78 is 7.39. The van der Waals surface area contributed by atoms with E-state index in [1.807, 2.05) is 37.3 Å². The summed E-state index contributed by atoms with van der Waals surface area (Å²) in [6.45, 7) is 2.55. The molecule has 9 nitrogen and oxygen atoms in total. The molecule has 3 heterocycles. The average molecular weight is 431 g/mol. The van der Waals surface area contributed by atoms with Gasteiger partial charge in [-0.25, -0.2) is 4.68 Å². The Kier molecular flexibility index (Phi) is 4.93. The number of hydrogen-bond donors (Lipinski definition) is 1. The molecule has 0 radical (unpaired) electrons. The number of aromatic nitrogens is 3. The Morgan fingerprint density at radius 1 is 1.12 bits per heavy atom. The summed E-state index contributed by atoms with van der Waals surface area (Å²) in [6, 6.07) is 12.5. The molecule has 3 amide bonds. The van der Waals surface area contributed by atoms with Crippen LogP contribution < -0.4 is 10.1 Å². The first kappa shape index (κ1) is 19.9. The fourth-order valence-corrected chi connectivity index (χ4v) is 4.06. The minimum Gasteiger partial charge on any atom is -0.487 e. The van der Waals surface area contributed by atoms with Crippen LogP contribution in [0.15, 0.2) is 48.7 Å². The summed E-state index contributed by atoms with van der Waals surface area (Å²) in [5, 5.41) is 10.7. The number of fused-ring (bicyclic) bond motifs is 1. The lowest BCUT2D eigenvalue weighted by atomic mass is 10.0. The average Bonchev–Trinajstić information content (AvgIpc) is 3.38. The summed E-state index contributed by atoms with van der Waals surface area (Å²) in [4.78, 5) is 38.3. The van der Waals surface area contributed by atoms with Gasteiger partial charge in [0.25, 0.3) is 5.91 Å². The molecule has 1 atom stereocenters. The Morgan fingerprint density at radius 2 is 1.94 bits per heavy atom. The van der Waals surface area contributed by atoms with Crippen molar-refractivity contribution in [2.75, 3.05) is 0 Å². The summed E-state index contributed by atoms with van der Waals surface area (Å²) >= 11 is 0. The molecule has 1 N–H and O–H groups in total. The van der Waals surface area contributed by atoms with E-state index >= 15 is 0 Å². The lowest BCUT2D eigenvalue weighted by Gasteiger charge is -2.29. The normalized spacial score (nSPS) is 18.0. The van der Waals surface area contributed by atoms with E-state index in [9.17, 15) is 14.4 Å². The number of piperidine rings is 1. The maximum Gasteiger partial charge on any atom is 0.255 e. The van der Waals surface area contributed by atoms with Crippen LogP contribution >= 0.6 is 0 Å². The standard InChI is InChI=1S/C23H21N5O4/c1-14-5-7-16(8-6-14)32-13-15-11-28(26-25-15)19-4-2-3-17-18(19)12-27(23(17)31)20-9-10-21(29)24-22(20)30/h2-8,11,20H,9-10,12-13H2,1H3,(H,24,29,30). The van der Waals surface area contributed by atoms with Crippen LogP contribution in [-0.4, -0.2) is 43.7 Å². The van der Waals surface area contributed by atoms with Crippen molar-refractivity contribution in [3.05, 3.63) is 71.0 Å². The number of carbonyl (C=O) groups is 3. The number of imide groups is 1. The van der Waals surface area contributed by atoms with E-state index in [-0.39, 0.29) is 31.4 Å². The number of hydrogen-bond acceptors (Lipinski definition) is 6. The molecule has 0 saturated carbocycles. The van der Waals surface area contributed by atoms with E-state index in [1.54, 1.807) is 23.0 Å². The molecule has 1 aromatic heterocycles. The fourth-order valence-electron chi connectivity index (χ4n) is 4.06. The minimum atomic E-state index is -0.658. The van der Waals surface area contributed by atoms with Crippen molar-refractivity contribution in [2.24, 2.45) is 0 Å². The van der Waals surface area contributed by atoms with Crippen LogP contribution in [0, 0.1) is 6.92 Å². The van der Waals surface area contributed by atoms with Crippen LogP contribution in [0.2, 0.25) is 0 Å². The van der Waals surface area contributed by atoms with Crippen molar-refractivity contribution in [1.82, 2.24) is 25.2 Å². The number of nitrogens with one attached hydrogen (secondary N) is 1. The van der Waals surface area contributed by atoms with Gasteiger partial charge in [-0.2, -0.15) is 0 Å². The van der Waals surface area contributed by atoms with Gasteiger partial charge in [0.1, 0.15) is 24.1 Å². The number of amides is 3. The lowest BCUT2D eigenvalue weighted by Crippen LogP contribution is -2.52. The molecule has 9 heteroatoms. The second-order valence-electron chi connectivity index (χ2n) is 7.96. The smallest absolute Gasteiger partial charge is 0.255 e. The number of ether oxygens (including phenoxy) is 1. The van der Waals surface area contributed by atoms with E-state index in [2.05, 4.69) is 15.6 Å². The zero-order valence-electron chi connectivity index (χ0n) is 17.4. The summed E-state index contributed by atoms with van der Waals surface area (Å²) in [6.07, 6.45) is 2.31. The van der Waals surface area contributed by atoms with Gasteiger partial charge in [-0.15, -0.1) is 5.10 Å². The second kappa shape index (κ2) is 7.92. The Hall–Kier alpha value is -4.01. The summed E-state index contributed by atoms with van der Waals surface area (Å²) in [5.74, 6) is -0.213. The van der Waals surface area contributed by atoms with Gasteiger partial charge < -0.3 is 9.64 Å². The molecule has 1 unspecified atom stereocenters. The third kappa shape index (κ3) is 3.62. The molecular formula is C23H21N5O4. The number of nitrogens with zero attached hydrogens (tertiary/aromatic N) is 4. The first-order chi connectivity index (χ1) is 15.5. The third-order valence-electron chi connectivity index (χ3n) is 5.75. The largest absolute Gasteiger partial charge is 0.487 e. The van der Waals surface area contributed by atoms with Crippen molar-refractivity contribution in [1.29, 1.82) is 0 Å². The molecule has 2 aliphatic heterocycles. The molecule has 0 aliphatic carbocycles. The van der Waals surface area contributed by atoms with Crippen LogP contribution in [0.4, 0.5) is 0 Å². The van der Waals surface area contributed by atoms with Crippen molar-refractivity contribution >= 4 is 17.7 Å². The van der Waals surface area contributed by atoms with Crippen molar-refractivity contribution < 1.29 is 19.1 Å². The van der Waals surface area contributed by atoms with Gasteiger partial charge in [-0.05, 0) is 37.6 Å². The first-order valence-corrected chi connectivity index (χ1v) is 10.4. The molecule has 2 aromatic carbocycles. The lowest BCUT2D eigenvalue weighted by molar-refractivity contribution is -0.136. The topological polar surface area (TPSA) is 106 Å². The van der Waals surface area contributed by atoms with Crippen LogP contribution in [-0.2, 0) is 22.7 Å². The van der Waals surface area contributed by atoms with Gasteiger partial charge >= 0.3 is 0 Å². The maximum absolute atomic E-state index is 13.0. The van der Waals surface area contributed by atoms with Crippen LogP contribution in [0.5, 0.6) is 5.75 Å². The molecule has 162 valence electrons. The Bertz CT molecular complexity index is 1220. The second-order valence-corrected chi connectivity index (χ2v) is 7.96. The van der Waals surface area contributed by atoms with E-state index in [0.29, 0.717) is 17.7 Å². The maximum atomic E-state index is 13.0. The van der Waals surface area contributed by atoms with Crippen LogP contribution in [0.25, 0.3) is 5.69 Å². The van der Waals surface area contributed by atoms with Crippen molar-refractivity contribution in [3.63, 3.8) is 0 Å². The molecule has 1 fully saturated rings. The zero-order chi connectivity index (χ0) is 22.2. The van der Waals surface area contributed by atoms with Gasteiger partial charge in [-0.3, -0.25) is 19.7 Å². The Labute approximate surface area is 184 Å². The Balaban J connectivity index is 1.35. The molecular weight excluding hydrogens is 410 g/mol. The molecule has 0 bridgehead atoms. The number of rotatable bonds is 5.